The van der Waals surface area contributed by atoms with Gasteiger partial charge in [-0.2, -0.15) is 0 Å². The lowest BCUT2D eigenvalue weighted by molar-refractivity contribution is 0.686. The normalized spacial score (nSPS) is 17.4. The van der Waals surface area contributed by atoms with Gasteiger partial charge in [0.1, 0.15) is 0 Å². The van der Waals surface area contributed by atoms with Crippen molar-refractivity contribution in [2.75, 3.05) is 11.5 Å². The molecular formula is C11H14N2. The molecular weight excluding hydrogens is 160 g/mol. The molecule has 0 saturated heterocycles. The van der Waals surface area contributed by atoms with Crippen LogP contribution in [-0.4, -0.2) is 0 Å². The van der Waals surface area contributed by atoms with Crippen molar-refractivity contribution >= 4 is 17.5 Å². The molecule has 0 saturated carbocycles. The van der Waals surface area contributed by atoms with E-state index in [1.165, 1.54) is 0 Å². The van der Waals surface area contributed by atoms with E-state index in [9.17, 15) is 0 Å². The van der Waals surface area contributed by atoms with Crippen molar-refractivity contribution in [2.45, 2.75) is 19.3 Å². The van der Waals surface area contributed by atoms with Gasteiger partial charge in [0.25, 0.3) is 0 Å². The highest BCUT2D eigenvalue weighted by Gasteiger charge is 2.28. The van der Waals surface area contributed by atoms with Gasteiger partial charge in [0.2, 0.25) is 0 Å². The summed E-state index contributed by atoms with van der Waals surface area (Å²) in [7, 11) is 0. The molecule has 2 nitrogen and oxygen atoms in total. The highest BCUT2D eigenvalue weighted by molar-refractivity contribution is 5.80. The molecule has 1 aromatic carbocycles. The van der Waals surface area contributed by atoms with Gasteiger partial charge in [-0.25, -0.2) is 0 Å². The van der Waals surface area contributed by atoms with Gasteiger partial charge < -0.3 is 11.5 Å². The molecule has 0 aromatic heterocycles. The summed E-state index contributed by atoms with van der Waals surface area (Å²) in [5, 5.41) is 0. The maximum absolute atomic E-state index is 5.92. The highest BCUT2D eigenvalue weighted by Crippen LogP contribution is 2.41. The van der Waals surface area contributed by atoms with Gasteiger partial charge in [-0.15, -0.1) is 0 Å². The lowest BCUT2D eigenvalue weighted by atomic mass is 9.85. The molecule has 0 spiro atoms. The quantitative estimate of drug-likeness (QED) is 0.592. The topological polar surface area (TPSA) is 52.0 Å². The fourth-order valence-corrected chi connectivity index (χ4v) is 1.93. The lowest BCUT2D eigenvalue weighted by Crippen LogP contribution is -2.14. The molecule has 2 rings (SSSR count). The number of benzene rings is 1. The van der Waals surface area contributed by atoms with Gasteiger partial charge in [-0.1, -0.05) is 26.0 Å². The second kappa shape index (κ2) is 2.28. The molecule has 0 bridgehead atoms. The van der Waals surface area contributed by atoms with Crippen LogP contribution in [-0.2, 0) is 5.41 Å². The van der Waals surface area contributed by atoms with Gasteiger partial charge in [-0.05, 0) is 17.7 Å². The molecule has 0 unspecified atom stereocenters. The summed E-state index contributed by atoms with van der Waals surface area (Å²) in [5.41, 5.74) is 15.7. The first-order valence-electron chi connectivity index (χ1n) is 4.40. The maximum Gasteiger partial charge on any atom is 0.0392 e. The fourth-order valence-electron chi connectivity index (χ4n) is 1.93. The Morgan fingerprint density at radius 2 is 1.69 bits per heavy atom. The van der Waals surface area contributed by atoms with Gasteiger partial charge in [0, 0.05) is 22.4 Å². The Kier molecular flexibility index (Phi) is 1.44. The first-order chi connectivity index (χ1) is 6.02. The molecule has 1 aliphatic carbocycles. The number of nitrogens with two attached hydrogens (primary N) is 2. The lowest BCUT2D eigenvalue weighted by Gasteiger charge is -2.20. The largest absolute Gasteiger partial charge is 0.398 e. The molecule has 0 atom stereocenters. The minimum Gasteiger partial charge on any atom is -0.398 e. The Hall–Kier alpha value is -1.44. The Bertz CT molecular complexity index is 389. The van der Waals surface area contributed by atoms with Crippen molar-refractivity contribution in [3.05, 3.63) is 29.3 Å². The minimum absolute atomic E-state index is 0.0226. The molecule has 1 aliphatic rings. The minimum atomic E-state index is 0.0226. The van der Waals surface area contributed by atoms with Crippen LogP contribution in [0.15, 0.2) is 18.2 Å². The van der Waals surface area contributed by atoms with E-state index in [0.717, 1.165) is 22.5 Å². The highest BCUT2D eigenvalue weighted by atomic mass is 14.6. The van der Waals surface area contributed by atoms with E-state index in [4.69, 9.17) is 11.5 Å². The van der Waals surface area contributed by atoms with Crippen LogP contribution in [0, 0.1) is 0 Å². The van der Waals surface area contributed by atoms with E-state index in [0.29, 0.717) is 0 Å². The zero-order chi connectivity index (χ0) is 9.64. The summed E-state index contributed by atoms with van der Waals surface area (Å²) in [4.78, 5) is 0. The average Bonchev–Trinajstić information content (AvgIpc) is 2.36. The molecule has 0 fully saturated rings. The van der Waals surface area contributed by atoms with Crippen LogP contribution in [0.4, 0.5) is 11.4 Å². The van der Waals surface area contributed by atoms with Crippen LogP contribution in [0.2, 0.25) is 0 Å². The van der Waals surface area contributed by atoms with Crippen molar-refractivity contribution in [1.29, 1.82) is 0 Å². The zero-order valence-electron chi connectivity index (χ0n) is 7.96. The van der Waals surface area contributed by atoms with Gasteiger partial charge in [0.15, 0.2) is 0 Å². The average molecular weight is 174 g/mol. The zero-order valence-corrected chi connectivity index (χ0v) is 7.96. The second-order valence-electron chi connectivity index (χ2n) is 4.09. The number of rotatable bonds is 0. The molecule has 68 valence electrons. The molecule has 2 heteroatoms. The molecule has 4 N–H and O–H groups in total. The number of nitrogen functional groups attached to an aromatic ring is 2. The summed E-state index contributed by atoms with van der Waals surface area (Å²) >= 11 is 0. The number of fused-ring (bicyclic) bond motifs is 1. The van der Waals surface area contributed by atoms with Crippen LogP contribution in [0.5, 0.6) is 0 Å². The molecule has 0 radical (unpaired) electrons. The van der Waals surface area contributed by atoms with Crippen molar-refractivity contribution in [3.63, 3.8) is 0 Å². The summed E-state index contributed by atoms with van der Waals surface area (Å²) in [6.45, 7) is 4.29. The number of hydrogen-bond acceptors (Lipinski definition) is 2. The SMILES string of the molecule is CC1(C)C=Cc2c(N)ccc(N)c21. The van der Waals surface area contributed by atoms with E-state index in [2.05, 4.69) is 26.0 Å². The van der Waals surface area contributed by atoms with Crippen LogP contribution < -0.4 is 11.5 Å². The van der Waals surface area contributed by atoms with Gasteiger partial charge in [0.05, 0.1) is 0 Å². The predicted molar refractivity (Wildman–Crippen MR) is 57.3 cm³/mol. The van der Waals surface area contributed by atoms with Crippen molar-refractivity contribution < 1.29 is 0 Å². The van der Waals surface area contributed by atoms with Crippen molar-refractivity contribution in [3.8, 4) is 0 Å². The molecule has 13 heavy (non-hydrogen) atoms. The smallest absolute Gasteiger partial charge is 0.0392 e. The van der Waals surface area contributed by atoms with Gasteiger partial charge >= 0.3 is 0 Å². The first-order valence-corrected chi connectivity index (χ1v) is 4.40. The van der Waals surface area contributed by atoms with E-state index in [1.54, 1.807) is 0 Å². The monoisotopic (exact) mass is 174 g/mol. The number of anilines is 2. The van der Waals surface area contributed by atoms with Crippen LogP contribution in [0.3, 0.4) is 0 Å². The van der Waals surface area contributed by atoms with Crippen molar-refractivity contribution in [1.82, 2.24) is 0 Å². The Labute approximate surface area is 78.2 Å². The molecule has 0 aliphatic heterocycles. The summed E-state index contributed by atoms with van der Waals surface area (Å²) < 4.78 is 0. The van der Waals surface area contributed by atoms with E-state index in [-0.39, 0.29) is 5.41 Å². The van der Waals surface area contributed by atoms with E-state index in [1.807, 2.05) is 12.1 Å². The third-order valence-electron chi connectivity index (χ3n) is 2.62. The molecule has 1 aromatic rings. The van der Waals surface area contributed by atoms with Crippen LogP contribution >= 0.6 is 0 Å². The van der Waals surface area contributed by atoms with Gasteiger partial charge in [-0.3, -0.25) is 0 Å². The Balaban J connectivity index is 2.76. The van der Waals surface area contributed by atoms with E-state index >= 15 is 0 Å². The summed E-state index contributed by atoms with van der Waals surface area (Å²) in [5.74, 6) is 0. The number of allylic oxidation sites excluding steroid dienone is 1. The molecule has 0 heterocycles. The van der Waals surface area contributed by atoms with Crippen molar-refractivity contribution in [2.24, 2.45) is 0 Å². The van der Waals surface area contributed by atoms with Crippen LogP contribution in [0.25, 0.3) is 6.08 Å². The number of hydrogen-bond donors (Lipinski definition) is 2. The third kappa shape index (κ3) is 1.02. The second-order valence-corrected chi connectivity index (χ2v) is 4.09. The molecule has 0 amide bonds. The summed E-state index contributed by atoms with van der Waals surface area (Å²) in [6.07, 6.45) is 4.20. The first kappa shape index (κ1) is 8.17. The van der Waals surface area contributed by atoms with Crippen LogP contribution in [0.1, 0.15) is 25.0 Å². The third-order valence-corrected chi connectivity index (χ3v) is 2.62. The standard InChI is InChI=1S/C11H14N2/c1-11(2)6-5-7-8(12)3-4-9(13)10(7)11/h3-6H,12-13H2,1-2H3. The maximum atomic E-state index is 5.92. The summed E-state index contributed by atoms with van der Waals surface area (Å²) in [6, 6.07) is 3.74. The predicted octanol–water partition coefficient (Wildman–Crippen LogP) is 2.16. The Morgan fingerprint density at radius 1 is 1.08 bits per heavy atom. The Morgan fingerprint density at radius 3 is 2.31 bits per heavy atom. The van der Waals surface area contributed by atoms with E-state index < -0.39 is 0 Å². The fraction of sp³-hybridized carbons (Fsp3) is 0.273.